The van der Waals surface area contributed by atoms with Crippen LogP contribution in [0, 0.1) is 6.92 Å². The highest BCUT2D eigenvalue weighted by Gasteiger charge is 2.17. The number of carbonyl (C=O) groups is 1. The molecule has 0 radical (unpaired) electrons. The molecule has 0 saturated carbocycles. The minimum atomic E-state index is -0.266. The van der Waals surface area contributed by atoms with Crippen molar-refractivity contribution in [1.82, 2.24) is 24.9 Å². The smallest absolute Gasteiger partial charge is 0.270 e. The number of nitrogens with zero attached hydrogens (tertiary/aromatic N) is 4. The normalized spacial score (nSPS) is 12.3. The van der Waals surface area contributed by atoms with Gasteiger partial charge < -0.3 is 5.32 Å². The van der Waals surface area contributed by atoms with E-state index in [9.17, 15) is 4.79 Å². The van der Waals surface area contributed by atoms with E-state index in [2.05, 4.69) is 20.5 Å². The molecule has 1 unspecified atom stereocenters. The molecule has 0 fully saturated rings. The molecule has 0 saturated heterocycles. The molecule has 0 aliphatic rings. The molecule has 3 aromatic heterocycles. The summed E-state index contributed by atoms with van der Waals surface area (Å²) < 4.78 is 1.86. The number of rotatable bonds is 3. The van der Waals surface area contributed by atoms with Gasteiger partial charge in [-0.05, 0) is 38.1 Å². The van der Waals surface area contributed by atoms with Crippen LogP contribution >= 0.6 is 0 Å². The maximum Gasteiger partial charge on any atom is 0.270 e. The van der Waals surface area contributed by atoms with Crippen molar-refractivity contribution < 1.29 is 4.79 Å². The zero-order valence-electron chi connectivity index (χ0n) is 11.8. The second-order valence-corrected chi connectivity index (χ2v) is 4.85. The number of pyridine rings is 2. The van der Waals surface area contributed by atoms with E-state index in [4.69, 9.17) is 0 Å². The SMILES string of the molecule is Cc1cccc(C(=O)NC(C)c2nnc3ccccn23)n1. The van der Waals surface area contributed by atoms with Gasteiger partial charge in [0.2, 0.25) is 0 Å². The third-order valence-corrected chi connectivity index (χ3v) is 3.20. The first-order chi connectivity index (χ1) is 10.1. The van der Waals surface area contributed by atoms with Crippen LogP contribution in [0.3, 0.4) is 0 Å². The van der Waals surface area contributed by atoms with Gasteiger partial charge in [0, 0.05) is 11.9 Å². The first-order valence-corrected chi connectivity index (χ1v) is 6.69. The van der Waals surface area contributed by atoms with Crippen molar-refractivity contribution in [3.8, 4) is 0 Å². The fourth-order valence-electron chi connectivity index (χ4n) is 2.16. The summed E-state index contributed by atoms with van der Waals surface area (Å²) in [5, 5.41) is 11.1. The van der Waals surface area contributed by atoms with Crippen LogP contribution < -0.4 is 5.32 Å². The molecule has 6 nitrogen and oxygen atoms in total. The summed E-state index contributed by atoms with van der Waals surface area (Å²) >= 11 is 0. The molecule has 21 heavy (non-hydrogen) atoms. The number of hydrogen-bond acceptors (Lipinski definition) is 4. The van der Waals surface area contributed by atoms with Crippen LogP contribution in [-0.4, -0.2) is 25.5 Å². The topological polar surface area (TPSA) is 72.2 Å². The molecule has 3 rings (SSSR count). The Labute approximate surface area is 121 Å². The second-order valence-electron chi connectivity index (χ2n) is 4.85. The Kier molecular flexibility index (Phi) is 3.35. The molecule has 1 amide bonds. The maximum atomic E-state index is 12.2. The highest BCUT2D eigenvalue weighted by atomic mass is 16.1. The van der Waals surface area contributed by atoms with Crippen LogP contribution in [0.1, 0.15) is 35.0 Å². The number of amides is 1. The highest BCUT2D eigenvalue weighted by Crippen LogP contribution is 2.12. The number of aryl methyl sites for hydroxylation is 1. The van der Waals surface area contributed by atoms with Gasteiger partial charge in [0.25, 0.3) is 5.91 Å². The van der Waals surface area contributed by atoms with E-state index >= 15 is 0 Å². The van der Waals surface area contributed by atoms with Gasteiger partial charge in [-0.3, -0.25) is 9.20 Å². The zero-order chi connectivity index (χ0) is 14.8. The molecular weight excluding hydrogens is 266 g/mol. The molecule has 106 valence electrons. The Hall–Kier alpha value is -2.76. The summed E-state index contributed by atoms with van der Waals surface area (Å²) in [6.07, 6.45) is 1.87. The molecule has 0 bridgehead atoms. The molecule has 3 aromatic rings. The van der Waals surface area contributed by atoms with E-state index in [1.807, 2.05) is 54.8 Å². The largest absolute Gasteiger partial charge is 0.341 e. The average molecular weight is 281 g/mol. The molecule has 6 heteroatoms. The van der Waals surface area contributed by atoms with Gasteiger partial charge >= 0.3 is 0 Å². The fourth-order valence-corrected chi connectivity index (χ4v) is 2.16. The summed E-state index contributed by atoms with van der Waals surface area (Å²) in [6, 6.07) is 10.8. The minimum Gasteiger partial charge on any atom is -0.341 e. The number of nitrogens with one attached hydrogen (secondary N) is 1. The summed E-state index contributed by atoms with van der Waals surface area (Å²) in [5.41, 5.74) is 1.96. The Morgan fingerprint density at radius 2 is 2.05 bits per heavy atom. The fraction of sp³-hybridized carbons (Fsp3) is 0.200. The number of carbonyl (C=O) groups excluding carboxylic acids is 1. The van der Waals surface area contributed by atoms with Crippen LogP contribution in [0.2, 0.25) is 0 Å². The predicted molar refractivity (Wildman–Crippen MR) is 77.8 cm³/mol. The van der Waals surface area contributed by atoms with Crippen molar-refractivity contribution in [3.05, 3.63) is 59.8 Å². The van der Waals surface area contributed by atoms with Gasteiger partial charge in [0.1, 0.15) is 5.69 Å². The summed E-state index contributed by atoms with van der Waals surface area (Å²) in [6.45, 7) is 3.73. The van der Waals surface area contributed by atoms with Crippen LogP contribution in [-0.2, 0) is 0 Å². The van der Waals surface area contributed by atoms with E-state index in [0.717, 1.165) is 11.3 Å². The van der Waals surface area contributed by atoms with Gasteiger partial charge in [0.15, 0.2) is 11.5 Å². The Morgan fingerprint density at radius 3 is 2.86 bits per heavy atom. The van der Waals surface area contributed by atoms with Crippen molar-refractivity contribution in [1.29, 1.82) is 0 Å². The van der Waals surface area contributed by atoms with Crippen LogP contribution in [0.25, 0.3) is 5.65 Å². The van der Waals surface area contributed by atoms with Crippen molar-refractivity contribution in [2.45, 2.75) is 19.9 Å². The van der Waals surface area contributed by atoms with Gasteiger partial charge in [-0.1, -0.05) is 12.1 Å². The third-order valence-electron chi connectivity index (χ3n) is 3.20. The van der Waals surface area contributed by atoms with E-state index in [0.29, 0.717) is 11.5 Å². The van der Waals surface area contributed by atoms with E-state index in [1.54, 1.807) is 6.07 Å². The summed E-state index contributed by atoms with van der Waals surface area (Å²) in [4.78, 5) is 16.4. The maximum absolute atomic E-state index is 12.2. The average Bonchev–Trinajstić information content (AvgIpc) is 2.91. The molecule has 0 spiro atoms. The summed E-state index contributed by atoms with van der Waals surface area (Å²) in [5.74, 6) is 0.463. The van der Waals surface area contributed by atoms with E-state index < -0.39 is 0 Å². The van der Waals surface area contributed by atoms with E-state index in [-0.39, 0.29) is 11.9 Å². The molecule has 0 aliphatic carbocycles. The van der Waals surface area contributed by atoms with Crippen LogP contribution in [0.15, 0.2) is 42.6 Å². The monoisotopic (exact) mass is 281 g/mol. The van der Waals surface area contributed by atoms with Crippen molar-refractivity contribution in [3.63, 3.8) is 0 Å². The lowest BCUT2D eigenvalue weighted by molar-refractivity contribution is 0.0933. The van der Waals surface area contributed by atoms with Gasteiger partial charge in [-0.25, -0.2) is 4.98 Å². The van der Waals surface area contributed by atoms with Crippen molar-refractivity contribution in [2.75, 3.05) is 0 Å². The lowest BCUT2D eigenvalue weighted by Gasteiger charge is -2.12. The predicted octanol–water partition coefficient (Wildman–Crippen LogP) is 1.92. The van der Waals surface area contributed by atoms with Crippen LogP contribution in [0.4, 0.5) is 0 Å². The third kappa shape index (κ3) is 2.60. The molecule has 0 aliphatic heterocycles. The Morgan fingerprint density at radius 1 is 1.19 bits per heavy atom. The second kappa shape index (κ2) is 5.32. The minimum absolute atomic E-state index is 0.223. The standard InChI is InChI=1S/C15H15N5O/c1-10-6-5-7-12(16-10)15(21)17-11(2)14-19-18-13-8-3-4-9-20(13)14/h3-9,11H,1-2H3,(H,17,21). The van der Waals surface area contributed by atoms with E-state index in [1.165, 1.54) is 0 Å². The number of hydrogen-bond donors (Lipinski definition) is 1. The first kappa shape index (κ1) is 13.2. The first-order valence-electron chi connectivity index (χ1n) is 6.69. The number of fused-ring (bicyclic) bond motifs is 1. The quantitative estimate of drug-likeness (QED) is 0.796. The molecule has 3 heterocycles. The van der Waals surface area contributed by atoms with Gasteiger partial charge in [0.05, 0.1) is 6.04 Å². The summed E-state index contributed by atoms with van der Waals surface area (Å²) in [7, 11) is 0. The zero-order valence-corrected chi connectivity index (χ0v) is 11.8. The van der Waals surface area contributed by atoms with Gasteiger partial charge in [-0.15, -0.1) is 10.2 Å². The lowest BCUT2D eigenvalue weighted by Crippen LogP contribution is -2.28. The van der Waals surface area contributed by atoms with Crippen molar-refractivity contribution >= 4 is 11.6 Å². The molecule has 1 N–H and O–H groups in total. The highest BCUT2D eigenvalue weighted by molar-refractivity contribution is 5.92. The van der Waals surface area contributed by atoms with Gasteiger partial charge in [-0.2, -0.15) is 0 Å². The Bertz CT molecular complexity index is 795. The number of aromatic nitrogens is 4. The van der Waals surface area contributed by atoms with Crippen LogP contribution in [0.5, 0.6) is 0 Å². The lowest BCUT2D eigenvalue weighted by atomic mass is 10.2. The van der Waals surface area contributed by atoms with Crippen molar-refractivity contribution in [2.24, 2.45) is 0 Å². The molecule has 1 atom stereocenters. The molecular formula is C15H15N5O. The molecule has 0 aromatic carbocycles. The Balaban J connectivity index is 1.83.